The van der Waals surface area contributed by atoms with Gasteiger partial charge in [-0.3, -0.25) is 9.36 Å². The lowest BCUT2D eigenvalue weighted by Crippen LogP contribution is -2.14. The van der Waals surface area contributed by atoms with Gasteiger partial charge in [0.1, 0.15) is 5.76 Å². The zero-order valence-electron chi connectivity index (χ0n) is 16.2. The number of nitrogens with zero attached hydrogens (tertiary/aromatic N) is 3. The Morgan fingerprint density at radius 1 is 1.10 bits per heavy atom. The molecule has 0 radical (unpaired) electrons. The van der Waals surface area contributed by atoms with E-state index in [9.17, 15) is 4.79 Å². The summed E-state index contributed by atoms with van der Waals surface area (Å²) in [5.41, 5.74) is 2.77. The minimum Gasteiger partial charge on any atom is -0.469 e. The van der Waals surface area contributed by atoms with E-state index in [4.69, 9.17) is 4.42 Å². The van der Waals surface area contributed by atoms with Crippen molar-refractivity contribution in [3.8, 4) is 11.4 Å². The van der Waals surface area contributed by atoms with Gasteiger partial charge < -0.3 is 9.73 Å². The summed E-state index contributed by atoms with van der Waals surface area (Å²) >= 11 is 4.75. The van der Waals surface area contributed by atoms with Crippen molar-refractivity contribution in [2.75, 3.05) is 11.1 Å². The number of rotatable bonds is 7. The third-order valence-electron chi connectivity index (χ3n) is 4.46. The Kier molecular flexibility index (Phi) is 6.35. The zero-order valence-corrected chi connectivity index (χ0v) is 18.6. The summed E-state index contributed by atoms with van der Waals surface area (Å²) in [7, 11) is 0. The molecule has 8 heteroatoms. The van der Waals surface area contributed by atoms with Crippen LogP contribution in [-0.4, -0.2) is 26.4 Å². The molecule has 4 rings (SSSR count). The van der Waals surface area contributed by atoms with Crippen LogP contribution in [0.5, 0.6) is 0 Å². The smallest absolute Gasteiger partial charge is 0.234 e. The van der Waals surface area contributed by atoms with E-state index < -0.39 is 0 Å². The normalized spacial score (nSPS) is 10.9. The van der Waals surface area contributed by atoms with Crippen LogP contribution in [-0.2, 0) is 11.3 Å². The summed E-state index contributed by atoms with van der Waals surface area (Å²) < 4.78 is 8.43. The molecule has 2 aromatic carbocycles. The Morgan fingerprint density at radius 3 is 2.57 bits per heavy atom. The molecule has 0 aliphatic rings. The van der Waals surface area contributed by atoms with E-state index in [2.05, 4.69) is 43.6 Å². The van der Waals surface area contributed by atoms with Crippen LogP contribution in [0.1, 0.15) is 11.3 Å². The Balaban J connectivity index is 1.53. The van der Waals surface area contributed by atoms with E-state index >= 15 is 0 Å². The molecule has 0 spiro atoms. The Labute approximate surface area is 186 Å². The summed E-state index contributed by atoms with van der Waals surface area (Å²) in [5, 5.41) is 12.3. The topological polar surface area (TPSA) is 72.9 Å². The molecule has 0 unspecified atom stereocenters. The van der Waals surface area contributed by atoms with Crippen molar-refractivity contribution in [1.29, 1.82) is 0 Å². The minimum absolute atomic E-state index is 0.0994. The molecular formula is C22H19BrN4O2S. The summed E-state index contributed by atoms with van der Waals surface area (Å²) in [5.74, 6) is 1.63. The van der Waals surface area contributed by atoms with Gasteiger partial charge in [-0.2, -0.15) is 0 Å². The first-order chi connectivity index (χ1) is 14.6. The number of carbonyl (C=O) groups is 1. The second kappa shape index (κ2) is 9.32. The number of hydrogen-bond acceptors (Lipinski definition) is 5. The van der Waals surface area contributed by atoms with Gasteiger partial charge in [-0.05, 0) is 42.8 Å². The van der Waals surface area contributed by atoms with Crippen molar-refractivity contribution in [2.45, 2.75) is 18.6 Å². The van der Waals surface area contributed by atoms with Crippen LogP contribution in [0.4, 0.5) is 5.69 Å². The van der Waals surface area contributed by atoms with Gasteiger partial charge in [0, 0.05) is 10.2 Å². The van der Waals surface area contributed by atoms with E-state index in [1.165, 1.54) is 11.8 Å². The molecule has 30 heavy (non-hydrogen) atoms. The zero-order chi connectivity index (χ0) is 20.9. The number of hydrogen-bond donors (Lipinski definition) is 1. The lowest BCUT2D eigenvalue weighted by Gasteiger charge is -2.10. The van der Waals surface area contributed by atoms with Gasteiger partial charge in [0.25, 0.3) is 0 Å². The van der Waals surface area contributed by atoms with E-state index in [-0.39, 0.29) is 11.7 Å². The van der Waals surface area contributed by atoms with Crippen molar-refractivity contribution >= 4 is 39.3 Å². The predicted molar refractivity (Wildman–Crippen MR) is 122 cm³/mol. The van der Waals surface area contributed by atoms with Crippen LogP contribution >= 0.6 is 27.7 Å². The fourth-order valence-corrected chi connectivity index (χ4v) is 3.98. The number of benzene rings is 2. The monoisotopic (exact) mass is 482 g/mol. The van der Waals surface area contributed by atoms with Crippen LogP contribution in [0.15, 0.2) is 81.0 Å². The van der Waals surface area contributed by atoms with Gasteiger partial charge in [-0.25, -0.2) is 0 Å². The molecule has 0 saturated carbocycles. The second-order valence-electron chi connectivity index (χ2n) is 6.61. The quantitative estimate of drug-likeness (QED) is 0.357. The molecule has 0 saturated heterocycles. The number of carbonyl (C=O) groups excluding carboxylic acids is 1. The maximum atomic E-state index is 12.4. The highest BCUT2D eigenvalue weighted by Gasteiger charge is 2.18. The summed E-state index contributed by atoms with van der Waals surface area (Å²) in [6.45, 7) is 2.50. The van der Waals surface area contributed by atoms with E-state index in [1.54, 1.807) is 6.26 Å². The molecule has 0 bridgehead atoms. The molecule has 0 atom stereocenters. The molecule has 0 fully saturated rings. The van der Waals surface area contributed by atoms with E-state index in [0.717, 1.165) is 32.9 Å². The van der Waals surface area contributed by atoms with Crippen molar-refractivity contribution in [2.24, 2.45) is 0 Å². The second-order valence-corrected chi connectivity index (χ2v) is 8.47. The minimum atomic E-state index is -0.0994. The van der Waals surface area contributed by atoms with Crippen molar-refractivity contribution in [3.05, 3.63) is 82.7 Å². The third-order valence-corrected chi connectivity index (χ3v) is 5.96. The van der Waals surface area contributed by atoms with Crippen molar-refractivity contribution in [1.82, 2.24) is 14.8 Å². The lowest BCUT2D eigenvalue weighted by molar-refractivity contribution is -0.113. The first kappa shape index (κ1) is 20.4. The highest BCUT2D eigenvalue weighted by atomic mass is 79.9. The SMILES string of the molecule is Cc1occc1-c1nnc(SCC(=O)Nc2ccc(Br)cc2)n1Cc1ccccc1. The number of anilines is 1. The Hall–Kier alpha value is -2.84. The Morgan fingerprint density at radius 2 is 1.87 bits per heavy atom. The van der Waals surface area contributed by atoms with Gasteiger partial charge in [0.2, 0.25) is 5.91 Å². The highest BCUT2D eigenvalue weighted by molar-refractivity contribution is 9.10. The molecule has 1 N–H and O–H groups in total. The van der Waals surface area contributed by atoms with E-state index in [0.29, 0.717) is 11.7 Å². The van der Waals surface area contributed by atoms with Gasteiger partial charge in [0.05, 0.1) is 24.1 Å². The predicted octanol–water partition coefficient (Wildman–Crippen LogP) is 5.39. The molecule has 2 heterocycles. The molecule has 0 aliphatic carbocycles. The first-order valence-corrected chi connectivity index (χ1v) is 11.1. The highest BCUT2D eigenvalue weighted by Crippen LogP contribution is 2.28. The number of nitrogens with one attached hydrogen (secondary N) is 1. The maximum Gasteiger partial charge on any atom is 0.234 e. The van der Waals surface area contributed by atoms with Crippen LogP contribution in [0.2, 0.25) is 0 Å². The summed E-state index contributed by atoms with van der Waals surface area (Å²) in [6, 6.07) is 19.5. The number of aryl methyl sites for hydroxylation is 1. The fourth-order valence-electron chi connectivity index (χ4n) is 2.98. The molecule has 4 aromatic rings. The van der Waals surface area contributed by atoms with Crippen molar-refractivity contribution < 1.29 is 9.21 Å². The van der Waals surface area contributed by atoms with Gasteiger partial charge >= 0.3 is 0 Å². The summed E-state index contributed by atoms with van der Waals surface area (Å²) in [6.07, 6.45) is 1.64. The van der Waals surface area contributed by atoms with Crippen LogP contribution < -0.4 is 5.32 Å². The number of amides is 1. The van der Waals surface area contributed by atoms with Gasteiger partial charge in [-0.15, -0.1) is 10.2 Å². The van der Waals surface area contributed by atoms with Crippen LogP contribution in [0.25, 0.3) is 11.4 Å². The number of thioether (sulfide) groups is 1. The largest absolute Gasteiger partial charge is 0.469 e. The van der Waals surface area contributed by atoms with E-state index in [1.807, 2.05) is 60.0 Å². The average molecular weight is 483 g/mol. The number of aromatic nitrogens is 3. The molecule has 152 valence electrons. The third kappa shape index (κ3) is 4.83. The van der Waals surface area contributed by atoms with Crippen LogP contribution in [0, 0.1) is 6.92 Å². The molecule has 1 amide bonds. The maximum absolute atomic E-state index is 12.4. The summed E-state index contributed by atoms with van der Waals surface area (Å²) in [4.78, 5) is 12.4. The average Bonchev–Trinajstić information content (AvgIpc) is 3.34. The van der Waals surface area contributed by atoms with Gasteiger partial charge in [0.15, 0.2) is 11.0 Å². The number of halogens is 1. The standard InChI is InChI=1S/C22H19BrN4O2S/c1-15-19(11-12-29-15)21-25-26-22(27(21)13-16-5-3-2-4-6-16)30-14-20(28)24-18-9-7-17(23)8-10-18/h2-12H,13-14H2,1H3,(H,24,28). The van der Waals surface area contributed by atoms with Crippen molar-refractivity contribution in [3.63, 3.8) is 0 Å². The lowest BCUT2D eigenvalue weighted by atomic mass is 10.2. The molecule has 6 nitrogen and oxygen atoms in total. The molecule has 2 aromatic heterocycles. The first-order valence-electron chi connectivity index (χ1n) is 9.30. The number of furan rings is 1. The van der Waals surface area contributed by atoms with Gasteiger partial charge in [-0.1, -0.05) is 58.0 Å². The molecule has 0 aliphatic heterocycles. The fraction of sp³-hybridized carbons (Fsp3) is 0.136. The van der Waals surface area contributed by atoms with Crippen LogP contribution in [0.3, 0.4) is 0 Å². The molecular weight excluding hydrogens is 464 g/mol. The Bertz CT molecular complexity index is 1140.